The molecule has 1 atom stereocenters. The van der Waals surface area contributed by atoms with Crippen molar-refractivity contribution in [1.29, 1.82) is 0 Å². The zero-order valence-electron chi connectivity index (χ0n) is 10.5. The lowest BCUT2D eigenvalue weighted by Crippen LogP contribution is -2.11. The van der Waals surface area contributed by atoms with Crippen LogP contribution in [0.1, 0.15) is 12.1 Å². The Morgan fingerprint density at radius 3 is 3.11 bits per heavy atom. The highest BCUT2D eigenvalue weighted by Crippen LogP contribution is 2.18. The van der Waals surface area contributed by atoms with Gasteiger partial charge in [-0.15, -0.1) is 0 Å². The van der Waals surface area contributed by atoms with Gasteiger partial charge in [-0.1, -0.05) is 0 Å². The number of hydrogen-bond acceptors (Lipinski definition) is 4. The zero-order chi connectivity index (χ0) is 12.4. The first-order chi connectivity index (χ1) is 8.83. The van der Waals surface area contributed by atoms with Gasteiger partial charge >= 0.3 is 0 Å². The molecule has 5 nitrogen and oxygen atoms in total. The van der Waals surface area contributed by atoms with E-state index in [-0.39, 0.29) is 0 Å². The van der Waals surface area contributed by atoms with Crippen LogP contribution in [0.4, 0.5) is 0 Å². The van der Waals surface area contributed by atoms with Crippen molar-refractivity contribution < 1.29 is 0 Å². The summed E-state index contributed by atoms with van der Waals surface area (Å²) in [5.74, 6) is 0.708. The molecule has 1 aliphatic heterocycles. The fourth-order valence-corrected chi connectivity index (χ4v) is 2.46. The molecule has 0 aromatic carbocycles. The normalized spacial score (nSPS) is 19.3. The lowest BCUT2D eigenvalue weighted by Gasteiger charge is -2.08. The molecule has 2 aromatic rings. The fraction of sp³-hybridized carbons (Fsp3) is 0.462. The maximum absolute atomic E-state index is 4.37. The quantitative estimate of drug-likeness (QED) is 0.874. The first-order valence-electron chi connectivity index (χ1n) is 6.33. The maximum atomic E-state index is 4.37. The summed E-state index contributed by atoms with van der Waals surface area (Å²) in [4.78, 5) is 8.70. The van der Waals surface area contributed by atoms with E-state index in [9.17, 15) is 0 Å². The Labute approximate surface area is 106 Å². The van der Waals surface area contributed by atoms with Crippen LogP contribution in [0.25, 0.3) is 11.4 Å². The van der Waals surface area contributed by atoms with E-state index in [4.69, 9.17) is 0 Å². The lowest BCUT2D eigenvalue weighted by atomic mass is 10.0. The van der Waals surface area contributed by atoms with E-state index in [1.807, 2.05) is 17.8 Å². The number of aryl methyl sites for hydroxylation is 1. The third-order valence-corrected chi connectivity index (χ3v) is 3.47. The van der Waals surface area contributed by atoms with E-state index >= 15 is 0 Å². The standard InChI is InChI=1S/C13H17N5/c1-18-13(3-5-17-18)12-7-11(15-9-16-12)6-10-2-4-14-8-10/h3,5,7,9-10,14H,2,4,6,8H2,1H3. The Bertz CT molecular complexity index is 528. The molecule has 0 bridgehead atoms. The van der Waals surface area contributed by atoms with Crippen molar-refractivity contribution >= 4 is 0 Å². The highest BCUT2D eigenvalue weighted by atomic mass is 15.3. The zero-order valence-corrected chi connectivity index (χ0v) is 10.5. The summed E-state index contributed by atoms with van der Waals surface area (Å²) >= 11 is 0. The van der Waals surface area contributed by atoms with E-state index in [0.29, 0.717) is 5.92 Å². The van der Waals surface area contributed by atoms with Crippen molar-refractivity contribution in [3.05, 3.63) is 30.4 Å². The molecule has 0 spiro atoms. The first kappa shape index (κ1) is 11.3. The van der Waals surface area contributed by atoms with E-state index < -0.39 is 0 Å². The van der Waals surface area contributed by atoms with Crippen molar-refractivity contribution in [2.45, 2.75) is 12.8 Å². The Hall–Kier alpha value is -1.75. The predicted octanol–water partition coefficient (Wildman–Crippen LogP) is 1.03. The van der Waals surface area contributed by atoms with Crippen molar-refractivity contribution in [2.75, 3.05) is 13.1 Å². The second-order valence-electron chi connectivity index (χ2n) is 4.80. The topological polar surface area (TPSA) is 55.6 Å². The molecule has 0 amide bonds. The summed E-state index contributed by atoms with van der Waals surface area (Å²) in [6.07, 6.45) is 5.71. The Morgan fingerprint density at radius 1 is 1.44 bits per heavy atom. The van der Waals surface area contributed by atoms with Gasteiger partial charge < -0.3 is 5.32 Å². The van der Waals surface area contributed by atoms with Crippen LogP contribution in [0.3, 0.4) is 0 Å². The van der Waals surface area contributed by atoms with Gasteiger partial charge in [0.05, 0.1) is 11.4 Å². The number of nitrogens with zero attached hydrogens (tertiary/aromatic N) is 4. The molecule has 1 aliphatic rings. The average Bonchev–Trinajstić information content (AvgIpc) is 3.01. The van der Waals surface area contributed by atoms with Crippen LogP contribution < -0.4 is 5.32 Å². The van der Waals surface area contributed by atoms with E-state index in [1.165, 1.54) is 6.42 Å². The molecule has 0 radical (unpaired) electrons. The molecule has 2 aromatic heterocycles. The smallest absolute Gasteiger partial charge is 0.116 e. The Balaban J connectivity index is 1.82. The second-order valence-corrected chi connectivity index (χ2v) is 4.80. The van der Waals surface area contributed by atoms with E-state index in [2.05, 4.69) is 26.4 Å². The molecule has 0 aliphatic carbocycles. The van der Waals surface area contributed by atoms with Gasteiger partial charge in [0.25, 0.3) is 0 Å². The molecule has 1 saturated heterocycles. The molecular weight excluding hydrogens is 226 g/mol. The number of hydrogen-bond donors (Lipinski definition) is 1. The van der Waals surface area contributed by atoms with E-state index in [1.54, 1.807) is 12.5 Å². The lowest BCUT2D eigenvalue weighted by molar-refractivity contribution is 0.571. The van der Waals surface area contributed by atoms with Crippen LogP contribution in [0, 0.1) is 5.92 Å². The van der Waals surface area contributed by atoms with Crippen LogP contribution in [0.5, 0.6) is 0 Å². The van der Waals surface area contributed by atoms with Gasteiger partial charge in [-0.3, -0.25) is 4.68 Å². The van der Waals surface area contributed by atoms with Gasteiger partial charge in [0.15, 0.2) is 0 Å². The minimum atomic E-state index is 0.708. The second kappa shape index (κ2) is 4.86. The molecule has 1 fully saturated rings. The predicted molar refractivity (Wildman–Crippen MR) is 68.9 cm³/mol. The van der Waals surface area contributed by atoms with Gasteiger partial charge in [-0.25, -0.2) is 9.97 Å². The van der Waals surface area contributed by atoms with Crippen LogP contribution in [-0.2, 0) is 13.5 Å². The SMILES string of the molecule is Cn1nccc1-c1cc(CC2CCNC2)ncn1. The van der Waals surface area contributed by atoms with Crippen LogP contribution in [-0.4, -0.2) is 32.8 Å². The van der Waals surface area contributed by atoms with Crippen molar-refractivity contribution in [3.8, 4) is 11.4 Å². The van der Waals surface area contributed by atoms with Gasteiger partial charge in [-0.2, -0.15) is 5.10 Å². The third kappa shape index (κ3) is 2.26. The van der Waals surface area contributed by atoms with E-state index in [0.717, 1.165) is 36.6 Å². The third-order valence-electron chi connectivity index (χ3n) is 3.47. The molecule has 0 saturated carbocycles. The number of aromatic nitrogens is 4. The number of nitrogens with one attached hydrogen (secondary N) is 1. The fourth-order valence-electron chi connectivity index (χ4n) is 2.46. The van der Waals surface area contributed by atoms with Crippen LogP contribution in [0.2, 0.25) is 0 Å². The summed E-state index contributed by atoms with van der Waals surface area (Å²) in [6.45, 7) is 2.23. The first-order valence-corrected chi connectivity index (χ1v) is 6.33. The Morgan fingerprint density at radius 2 is 2.39 bits per heavy atom. The monoisotopic (exact) mass is 243 g/mol. The van der Waals surface area contributed by atoms with Gasteiger partial charge in [0.2, 0.25) is 0 Å². The number of rotatable bonds is 3. The van der Waals surface area contributed by atoms with Crippen molar-refractivity contribution in [3.63, 3.8) is 0 Å². The average molecular weight is 243 g/mol. The highest BCUT2D eigenvalue weighted by molar-refractivity contribution is 5.53. The summed E-state index contributed by atoms with van der Waals surface area (Å²) in [6, 6.07) is 4.05. The van der Waals surface area contributed by atoms with Gasteiger partial charge in [0.1, 0.15) is 6.33 Å². The largest absolute Gasteiger partial charge is 0.316 e. The van der Waals surface area contributed by atoms with Crippen LogP contribution in [0.15, 0.2) is 24.7 Å². The summed E-state index contributed by atoms with van der Waals surface area (Å²) in [5, 5.41) is 7.56. The molecule has 1 unspecified atom stereocenters. The Kier molecular flexibility index (Phi) is 3.06. The molecule has 3 rings (SSSR count). The summed E-state index contributed by atoms with van der Waals surface area (Å²) in [5.41, 5.74) is 3.10. The van der Waals surface area contributed by atoms with Gasteiger partial charge in [0, 0.05) is 18.9 Å². The van der Waals surface area contributed by atoms with Crippen molar-refractivity contribution in [2.24, 2.45) is 13.0 Å². The summed E-state index contributed by atoms with van der Waals surface area (Å²) < 4.78 is 1.84. The van der Waals surface area contributed by atoms with Crippen LogP contribution >= 0.6 is 0 Å². The van der Waals surface area contributed by atoms with Gasteiger partial charge in [-0.05, 0) is 44.0 Å². The molecule has 94 valence electrons. The highest BCUT2D eigenvalue weighted by Gasteiger charge is 2.16. The summed E-state index contributed by atoms with van der Waals surface area (Å²) in [7, 11) is 1.93. The minimum Gasteiger partial charge on any atom is -0.316 e. The minimum absolute atomic E-state index is 0.708. The molecule has 18 heavy (non-hydrogen) atoms. The molecule has 1 N–H and O–H groups in total. The maximum Gasteiger partial charge on any atom is 0.116 e. The molecule has 3 heterocycles. The molecule has 5 heteroatoms. The molecular formula is C13H17N5. The van der Waals surface area contributed by atoms with Crippen molar-refractivity contribution in [1.82, 2.24) is 25.1 Å².